The maximum Gasteiger partial charge on any atom is 0.193 e. The van der Waals surface area contributed by atoms with E-state index in [4.69, 9.17) is 5.73 Å². The average molecular weight is 257 g/mol. The quantitative estimate of drug-likeness (QED) is 0.778. The number of nitrogens with zero attached hydrogens (tertiary/aromatic N) is 4. The molecule has 3 aromatic heterocycles. The number of hydrogen-bond donors (Lipinski definition) is 1. The van der Waals surface area contributed by atoms with Crippen LogP contribution in [0.5, 0.6) is 0 Å². The summed E-state index contributed by atoms with van der Waals surface area (Å²) >= 11 is 1.60. The highest BCUT2D eigenvalue weighted by Gasteiger charge is 2.08. The van der Waals surface area contributed by atoms with Crippen LogP contribution in [0, 0.1) is 0 Å². The van der Waals surface area contributed by atoms with Crippen LogP contribution in [-0.2, 0) is 6.42 Å². The minimum atomic E-state index is 0.476. The van der Waals surface area contributed by atoms with Crippen molar-refractivity contribution in [3.8, 4) is 5.13 Å². The van der Waals surface area contributed by atoms with Crippen molar-refractivity contribution in [1.29, 1.82) is 0 Å². The van der Waals surface area contributed by atoms with Crippen molar-refractivity contribution >= 4 is 17.2 Å². The van der Waals surface area contributed by atoms with Crippen LogP contribution in [0.25, 0.3) is 5.13 Å². The fraction of sp³-hybridized carbons (Fsp3) is 0.0833. The maximum absolute atomic E-state index is 5.81. The Morgan fingerprint density at radius 1 is 1.28 bits per heavy atom. The van der Waals surface area contributed by atoms with Crippen LogP contribution in [0.15, 0.2) is 42.2 Å². The first-order valence-corrected chi connectivity index (χ1v) is 6.34. The third kappa shape index (κ3) is 1.98. The summed E-state index contributed by atoms with van der Waals surface area (Å²) in [5.74, 6) is 0.476. The third-order valence-electron chi connectivity index (χ3n) is 2.67. The molecule has 0 aliphatic rings. The molecule has 90 valence electrons. The summed E-state index contributed by atoms with van der Waals surface area (Å²) in [7, 11) is 0. The minimum absolute atomic E-state index is 0.476. The highest BCUT2D eigenvalue weighted by molar-refractivity contribution is 7.12. The molecular weight excluding hydrogens is 246 g/mol. The first-order chi connectivity index (χ1) is 8.84. The Morgan fingerprint density at radius 2 is 2.22 bits per heavy atom. The molecule has 6 heteroatoms. The van der Waals surface area contributed by atoms with Crippen LogP contribution in [0.3, 0.4) is 0 Å². The van der Waals surface area contributed by atoms with E-state index >= 15 is 0 Å². The lowest BCUT2D eigenvalue weighted by Gasteiger charge is -2.07. The fourth-order valence-corrected chi connectivity index (χ4v) is 2.45. The van der Waals surface area contributed by atoms with Gasteiger partial charge in [0.2, 0.25) is 0 Å². The van der Waals surface area contributed by atoms with Crippen molar-refractivity contribution in [2.45, 2.75) is 6.42 Å². The number of nitrogens with two attached hydrogens (primary N) is 1. The molecule has 0 aliphatic carbocycles. The molecule has 5 nitrogen and oxygen atoms in total. The van der Waals surface area contributed by atoms with Crippen molar-refractivity contribution < 1.29 is 0 Å². The van der Waals surface area contributed by atoms with Gasteiger partial charge < -0.3 is 5.73 Å². The summed E-state index contributed by atoms with van der Waals surface area (Å²) in [6.07, 6.45) is 6.17. The van der Waals surface area contributed by atoms with E-state index in [1.54, 1.807) is 23.7 Å². The Labute approximate surface area is 108 Å². The Morgan fingerprint density at radius 3 is 3.00 bits per heavy atom. The number of rotatable bonds is 3. The van der Waals surface area contributed by atoms with Crippen LogP contribution in [0.1, 0.15) is 11.3 Å². The van der Waals surface area contributed by atoms with Crippen molar-refractivity contribution in [1.82, 2.24) is 19.7 Å². The molecule has 18 heavy (non-hydrogen) atoms. The van der Waals surface area contributed by atoms with Crippen molar-refractivity contribution in [2.24, 2.45) is 0 Å². The second kappa shape index (κ2) is 4.58. The first-order valence-electron chi connectivity index (χ1n) is 5.47. The molecule has 0 spiro atoms. The zero-order valence-electron chi connectivity index (χ0n) is 9.52. The third-order valence-corrected chi connectivity index (χ3v) is 3.44. The number of hydrogen-bond acceptors (Lipinski definition) is 5. The van der Waals surface area contributed by atoms with Crippen molar-refractivity contribution in [3.05, 3.63) is 53.4 Å². The molecule has 0 aliphatic heterocycles. The van der Waals surface area contributed by atoms with Crippen LogP contribution in [0.2, 0.25) is 0 Å². The number of thiazole rings is 1. The topological polar surface area (TPSA) is 69.6 Å². The monoisotopic (exact) mass is 257 g/mol. The van der Waals surface area contributed by atoms with Gasteiger partial charge in [0.25, 0.3) is 0 Å². The van der Waals surface area contributed by atoms with Crippen LogP contribution in [0.4, 0.5) is 5.82 Å². The van der Waals surface area contributed by atoms with E-state index in [9.17, 15) is 0 Å². The van der Waals surface area contributed by atoms with Crippen molar-refractivity contribution in [3.63, 3.8) is 0 Å². The van der Waals surface area contributed by atoms with Gasteiger partial charge in [-0.2, -0.15) is 5.10 Å². The van der Waals surface area contributed by atoms with E-state index in [-0.39, 0.29) is 0 Å². The number of nitrogen functional groups attached to an aromatic ring is 1. The van der Waals surface area contributed by atoms with Gasteiger partial charge >= 0.3 is 0 Å². The molecular formula is C12H11N5S. The van der Waals surface area contributed by atoms with Gasteiger partial charge in [0.05, 0.1) is 6.20 Å². The summed E-state index contributed by atoms with van der Waals surface area (Å²) < 4.78 is 2.06. The molecule has 0 aromatic carbocycles. The van der Waals surface area contributed by atoms with E-state index < -0.39 is 0 Å². The molecule has 0 saturated carbocycles. The minimum Gasteiger partial charge on any atom is -0.382 e. The predicted molar refractivity (Wildman–Crippen MR) is 70.7 cm³/mol. The molecule has 0 saturated heterocycles. The first kappa shape index (κ1) is 10.9. The molecule has 0 fully saturated rings. The van der Waals surface area contributed by atoms with E-state index in [0.29, 0.717) is 12.2 Å². The van der Waals surface area contributed by atoms with Gasteiger partial charge in [-0.05, 0) is 18.2 Å². The zero-order chi connectivity index (χ0) is 12.4. The van der Waals surface area contributed by atoms with Gasteiger partial charge in [-0.15, -0.1) is 16.4 Å². The van der Waals surface area contributed by atoms with Gasteiger partial charge in [0, 0.05) is 35.5 Å². The highest BCUT2D eigenvalue weighted by Crippen LogP contribution is 2.19. The van der Waals surface area contributed by atoms with Crippen molar-refractivity contribution in [2.75, 3.05) is 5.73 Å². The SMILES string of the molecule is Nc1nnccc1Cc1cccn1-c1nccs1. The molecule has 3 aromatic rings. The van der Waals surface area contributed by atoms with E-state index in [0.717, 1.165) is 16.4 Å². The van der Waals surface area contributed by atoms with E-state index in [1.165, 1.54) is 0 Å². The molecule has 3 heterocycles. The molecule has 2 N–H and O–H groups in total. The standard InChI is InChI=1S/C12H11N5S/c13-11-9(3-4-15-16-11)8-10-2-1-6-17(10)12-14-5-7-18-12/h1-7H,8H2,(H2,13,16). The molecule has 0 atom stereocenters. The Bertz CT molecular complexity index is 644. The zero-order valence-corrected chi connectivity index (χ0v) is 10.3. The second-order valence-corrected chi connectivity index (χ2v) is 4.68. The van der Waals surface area contributed by atoms with E-state index in [1.807, 2.05) is 23.7 Å². The van der Waals surface area contributed by atoms with Gasteiger partial charge in [0.15, 0.2) is 5.13 Å². The molecule has 0 radical (unpaired) electrons. The highest BCUT2D eigenvalue weighted by atomic mass is 32.1. The molecule has 3 rings (SSSR count). The van der Waals surface area contributed by atoms with Crippen LogP contribution in [-0.4, -0.2) is 19.7 Å². The van der Waals surface area contributed by atoms with E-state index in [2.05, 4.69) is 25.8 Å². The van der Waals surface area contributed by atoms with Crippen LogP contribution >= 0.6 is 11.3 Å². The van der Waals surface area contributed by atoms with Gasteiger partial charge in [-0.1, -0.05) is 0 Å². The summed E-state index contributed by atoms with van der Waals surface area (Å²) in [6.45, 7) is 0. The summed E-state index contributed by atoms with van der Waals surface area (Å²) in [5, 5.41) is 10.5. The molecule has 0 amide bonds. The summed E-state index contributed by atoms with van der Waals surface area (Å²) in [5.41, 5.74) is 7.91. The summed E-state index contributed by atoms with van der Waals surface area (Å²) in [4.78, 5) is 4.31. The lowest BCUT2D eigenvalue weighted by molar-refractivity contribution is 0.931. The lowest BCUT2D eigenvalue weighted by Crippen LogP contribution is -2.03. The average Bonchev–Trinajstić information content (AvgIpc) is 3.02. The maximum atomic E-state index is 5.81. The summed E-state index contributed by atoms with van der Waals surface area (Å²) in [6, 6.07) is 5.95. The lowest BCUT2D eigenvalue weighted by atomic mass is 10.1. The largest absolute Gasteiger partial charge is 0.382 e. The second-order valence-electron chi connectivity index (χ2n) is 3.80. The van der Waals surface area contributed by atoms with Crippen LogP contribution < -0.4 is 5.73 Å². The Balaban J connectivity index is 1.95. The molecule has 0 unspecified atom stereocenters. The fourth-order valence-electron chi connectivity index (χ4n) is 1.79. The Hall–Kier alpha value is -2.21. The Kier molecular flexibility index (Phi) is 2.77. The predicted octanol–water partition coefficient (Wildman–Crippen LogP) is 1.90. The number of anilines is 1. The van der Waals surface area contributed by atoms with Gasteiger partial charge in [0.1, 0.15) is 5.82 Å². The van der Waals surface area contributed by atoms with Gasteiger partial charge in [-0.3, -0.25) is 4.57 Å². The number of aromatic nitrogens is 4. The van der Waals surface area contributed by atoms with Gasteiger partial charge in [-0.25, -0.2) is 4.98 Å². The smallest absolute Gasteiger partial charge is 0.193 e. The molecule has 0 bridgehead atoms. The normalized spacial score (nSPS) is 10.7.